The van der Waals surface area contributed by atoms with Gasteiger partial charge in [-0.05, 0) is 44.2 Å². The molecule has 0 saturated carbocycles. The average molecular weight is 412 g/mol. The van der Waals surface area contributed by atoms with Crippen LogP contribution in [0.25, 0.3) is 0 Å². The summed E-state index contributed by atoms with van der Waals surface area (Å²) < 4.78 is 6.01. The van der Waals surface area contributed by atoms with E-state index < -0.39 is 11.6 Å². The molecule has 154 valence electrons. The number of rotatable bonds is 5. The van der Waals surface area contributed by atoms with Gasteiger partial charge in [0.15, 0.2) is 0 Å². The van der Waals surface area contributed by atoms with Gasteiger partial charge in [-0.15, -0.1) is 0 Å². The molecule has 1 fully saturated rings. The van der Waals surface area contributed by atoms with Crippen molar-refractivity contribution in [2.45, 2.75) is 25.9 Å². The van der Waals surface area contributed by atoms with E-state index in [1.54, 1.807) is 19.9 Å². The highest BCUT2D eigenvalue weighted by Gasteiger charge is 2.52. The maximum Gasteiger partial charge on any atom is 0.332 e. The van der Waals surface area contributed by atoms with Crippen LogP contribution in [0, 0.1) is 11.3 Å². The van der Waals surface area contributed by atoms with Gasteiger partial charge in [-0.3, -0.25) is 4.79 Å². The topological polar surface area (TPSA) is 86.5 Å². The van der Waals surface area contributed by atoms with Crippen LogP contribution < -0.4 is 9.64 Å². The van der Waals surface area contributed by atoms with Gasteiger partial charge in [-0.1, -0.05) is 36.4 Å². The molecule has 0 atom stereocenters. The molecule has 0 aliphatic carbocycles. The number of urea groups is 1. The Kier molecular flexibility index (Phi) is 5.14. The van der Waals surface area contributed by atoms with E-state index in [2.05, 4.69) is 4.98 Å². The smallest absolute Gasteiger partial charge is 0.332 e. The highest BCUT2D eigenvalue weighted by Crippen LogP contribution is 2.35. The van der Waals surface area contributed by atoms with Crippen molar-refractivity contribution in [3.8, 4) is 17.6 Å². The number of carbonyl (C=O) groups excluding carboxylic acids is 2. The van der Waals surface area contributed by atoms with Crippen LogP contribution in [0.3, 0.4) is 0 Å². The first kappa shape index (κ1) is 20.1. The van der Waals surface area contributed by atoms with Crippen LogP contribution in [0.5, 0.6) is 11.5 Å². The van der Waals surface area contributed by atoms with E-state index in [1.807, 2.05) is 60.7 Å². The summed E-state index contributed by atoms with van der Waals surface area (Å²) in [7, 11) is 0. The number of nitriles is 1. The third kappa shape index (κ3) is 3.71. The van der Waals surface area contributed by atoms with E-state index >= 15 is 0 Å². The molecule has 0 spiro atoms. The molecule has 7 heteroatoms. The van der Waals surface area contributed by atoms with Crippen molar-refractivity contribution in [2.24, 2.45) is 0 Å². The Balaban J connectivity index is 1.63. The number of amides is 3. The van der Waals surface area contributed by atoms with Crippen LogP contribution in [0.2, 0.25) is 0 Å². The molecule has 1 aliphatic heterocycles. The van der Waals surface area contributed by atoms with E-state index in [4.69, 9.17) is 10.00 Å². The van der Waals surface area contributed by atoms with Gasteiger partial charge in [0.25, 0.3) is 5.91 Å². The summed E-state index contributed by atoms with van der Waals surface area (Å²) in [4.78, 5) is 33.0. The van der Waals surface area contributed by atoms with Crippen LogP contribution >= 0.6 is 0 Å². The summed E-state index contributed by atoms with van der Waals surface area (Å²) in [6.45, 7) is 3.62. The second-order valence-electron chi connectivity index (χ2n) is 7.60. The number of hydrogen-bond acceptors (Lipinski definition) is 5. The lowest BCUT2D eigenvalue weighted by Crippen LogP contribution is -2.43. The number of benzene rings is 2. The molecule has 3 aromatic rings. The molecule has 0 bridgehead atoms. The average Bonchev–Trinajstić information content (AvgIpc) is 2.95. The first-order valence-corrected chi connectivity index (χ1v) is 9.75. The third-order valence-electron chi connectivity index (χ3n) is 5.22. The summed E-state index contributed by atoms with van der Waals surface area (Å²) in [6.07, 6.45) is 1.36. The van der Waals surface area contributed by atoms with Gasteiger partial charge in [0.05, 0.1) is 18.4 Å². The largest absolute Gasteiger partial charge is 0.457 e. The summed E-state index contributed by atoms with van der Waals surface area (Å²) in [5, 5.41) is 8.94. The Morgan fingerprint density at radius 1 is 1.00 bits per heavy atom. The lowest BCUT2D eigenvalue weighted by atomic mass is 10.0. The quantitative estimate of drug-likeness (QED) is 0.576. The highest BCUT2D eigenvalue weighted by molar-refractivity contribution is 6.22. The molecule has 0 radical (unpaired) electrons. The molecule has 2 aromatic carbocycles. The molecule has 0 N–H and O–H groups in total. The minimum absolute atomic E-state index is 0.195. The van der Waals surface area contributed by atoms with Crippen molar-refractivity contribution >= 4 is 17.6 Å². The Morgan fingerprint density at radius 3 is 2.39 bits per heavy atom. The molecule has 0 unspecified atom stereocenters. The maximum absolute atomic E-state index is 13.3. The highest BCUT2D eigenvalue weighted by atomic mass is 16.5. The molecule has 4 rings (SSSR count). The molecule has 7 nitrogen and oxygen atoms in total. The molecule has 3 amide bonds. The lowest BCUT2D eigenvalue weighted by Gasteiger charge is -2.28. The Hall–Kier alpha value is -4.18. The van der Waals surface area contributed by atoms with E-state index in [0.29, 0.717) is 17.2 Å². The first-order chi connectivity index (χ1) is 14.9. The summed E-state index contributed by atoms with van der Waals surface area (Å²) in [5.41, 5.74) is 0.259. The fourth-order valence-corrected chi connectivity index (χ4v) is 3.43. The third-order valence-corrected chi connectivity index (χ3v) is 5.22. The van der Waals surface area contributed by atoms with Gasteiger partial charge in [0, 0.05) is 5.56 Å². The van der Waals surface area contributed by atoms with Gasteiger partial charge < -0.3 is 9.64 Å². The molecule has 1 saturated heterocycles. The molecule has 1 aromatic heterocycles. The fraction of sp³-hybridized carbons (Fsp3) is 0.167. The van der Waals surface area contributed by atoms with Crippen molar-refractivity contribution < 1.29 is 14.3 Å². The Labute approximate surface area is 180 Å². The minimum atomic E-state index is -1.06. The van der Waals surface area contributed by atoms with Crippen molar-refractivity contribution in [1.29, 1.82) is 5.26 Å². The zero-order chi connectivity index (χ0) is 22.0. The van der Waals surface area contributed by atoms with Crippen LogP contribution in [-0.4, -0.2) is 27.4 Å². The number of pyridine rings is 1. The molecule has 31 heavy (non-hydrogen) atoms. The monoisotopic (exact) mass is 412 g/mol. The van der Waals surface area contributed by atoms with Gasteiger partial charge in [0.1, 0.15) is 28.8 Å². The fourth-order valence-electron chi connectivity index (χ4n) is 3.43. The second kappa shape index (κ2) is 7.92. The minimum Gasteiger partial charge on any atom is -0.457 e. The lowest BCUT2D eigenvalue weighted by molar-refractivity contribution is -0.123. The summed E-state index contributed by atoms with van der Waals surface area (Å²) in [5.74, 6) is 0.942. The molecule has 2 heterocycles. The van der Waals surface area contributed by atoms with Crippen molar-refractivity contribution in [3.63, 3.8) is 0 Å². The van der Waals surface area contributed by atoms with Crippen molar-refractivity contribution in [1.82, 2.24) is 9.88 Å². The van der Waals surface area contributed by atoms with Crippen LogP contribution in [0.1, 0.15) is 25.1 Å². The molecule has 1 aliphatic rings. The Morgan fingerprint density at radius 2 is 1.71 bits per heavy atom. The summed E-state index contributed by atoms with van der Waals surface area (Å²) in [6, 6.07) is 21.3. The normalized spacial score (nSPS) is 15.1. The van der Waals surface area contributed by atoms with E-state index in [-0.39, 0.29) is 18.1 Å². The summed E-state index contributed by atoms with van der Waals surface area (Å²) >= 11 is 0. The van der Waals surface area contributed by atoms with Gasteiger partial charge in [-0.2, -0.15) is 5.26 Å². The zero-order valence-corrected chi connectivity index (χ0v) is 17.1. The number of nitrogens with zero attached hydrogens (tertiary/aromatic N) is 4. The first-order valence-electron chi connectivity index (χ1n) is 9.75. The van der Waals surface area contributed by atoms with Crippen molar-refractivity contribution in [3.05, 3.63) is 84.2 Å². The number of carbonyl (C=O) groups is 2. The number of aromatic nitrogens is 1. The van der Waals surface area contributed by atoms with E-state index in [0.717, 1.165) is 10.5 Å². The second-order valence-corrected chi connectivity index (χ2v) is 7.60. The predicted octanol–water partition coefficient (Wildman–Crippen LogP) is 4.49. The van der Waals surface area contributed by atoms with Gasteiger partial charge in [-0.25, -0.2) is 14.7 Å². The van der Waals surface area contributed by atoms with Crippen LogP contribution in [-0.2, 0) is 11.3 Å². The van der Waals surface area contributed by atoms with Gasteiger partial charge >= 0.3 is 6.03 Å². The van der Waals surface area contributed by atoms with Crippen LogP contribution in [0.4, 0.5) is 10.5 Å². The van der Waals surface area contributed by atoms with Gasteiger partial charge in [0.2, 0.25) is 0 Å². The van der Waals surface area contributed by atoms with E-state index in [9.17, 15) is 9.59 Å². The zero-order valence-electron chi connectivity index (χ0n) is 17.1. The van der Waals surface area contributed by atoms with E-state index in [1.165, 1.54) is 17.2 Å². The number of imide groups is 1. The molecular weight excluding hydrogens is 392 g/mol. The maximum atomic E-state index is 13.3. The SMILES string of the molecule is CC1(C)C(=O)N(c2ccc(C#N)nc2)C(=O)N1Cc1ccccc1Oc1ccccc1. The molecular formula is C24H20N4O3. The number of anilines is 1. The Bertz CT molecular complexity index is 1170. The standard InChI is InChI=1S/C24H20N4O3/c1-24(2)22(29)28(19-13-12-18(14-25)26-15-19)23(30)27(24)16-17-8-6-7-11-21(17)31-20-9-4-3-5-10-20/h3-13,15H,16H2,1-2H3. The number of ether oxygens (including phenoxy) is 1. The number of hydrogen-bond donors (Lipinski definition) is 0. The predicted molar refractivity (Wildman–Crippen MR) is 114 cm³/mol. The van der Waals surface area contributed by atoms with Crippen molar-refractivity contribution in [2.75, 3.05) is 4.90 Å². The number of para-hydroxylation sites is 2. The van der Waals surface area contributed by atoms with Crippen LogP contribution in [0.15, 0.2) is 72.9 Å².